The van der Waals surface area contributed by atoms with Crippen molar-refractivity contribution >= 4 is 45.1 Å². The fourth-order valence-corrected chi connectivity index (χ4v) is 1.64. The van der Waals surface area contributed by atoms with Crippen LogP contribution < -0.4 is 11.1 Å². The van der Waals surface area contributed by atoms with E-state index in [9.17, 15) is 8.78 Å². The van der Waals surface area contributed by atoms with Crippen molar-refractivity contribution in [2.75, 3.05) is 11.1 Å². The number of anilines is 3. The minimum Gasteiger partial charge on any atom is -0.368 e. The molecule has 18 heavy (non-hydrogen) atoms. The fraction of sp³-hybridized carbons (Fsp3) is 0. The number of nitrogens with zero attached hydrogens (tertiary/aromatic N) is 3. The molecule has 2 rings (SSSR count). The summed E-state index contributed by atoms with van der Waals surface area (Å²) in [7, 11) is 0. The molecule has 5 nitrogen and oxygen atoms in total. The summed E-state index contributed by atoms with van der Waals surface area (Å²) in [5.41, 5.74) is 5.20. The summed E-state index contributed by atoms with van der Waals surface area (Å²) in [6.07, 6.45) is 0. The van der Waals surface area contributed by atoms with Gasteiger partial charge in [0, 0.05) is 6.07 Å². The highest BCUT2D eigenvalue weighted by atomic mass is 79.9. The predicted octanol–water partition coefficient (Wildman–Crippen LogP) is 2.89. The molecule has 94 valence electrons. The Kier molecular flexibility index (Phi) is 3.58. The van der Waals surface area contributed by atoms with E-state index in [2.05, 4.69) is 36.2 Å². The lowest BCUT2D eigenvalue weighted by Crippen LogP contribution is -2.04. The molecule has 0 aliphatic heterocycles. The van der Waals surface area contributed by atoms with E-state index in [0.29, 0.717) is 0 Å². The summed E-state index contributed by atoms with van der Waals surface area (Å²) in [6.45, 7) is 0. The molecule has 0 radical (unpaired) electrons. The summed E-state index contributed by atoms with van der Waals surface area (Å²) in [5.74, 6) is -1.52. The lowest BCUT2D eigenvalue weighted by atomic mass is 10.3. The molecular weight excluding hydrogens is 331 g/mol. The summed E-state index contributed by atoms with van der Waals surface area (Å²) in [4.78, 5) is 10.9. The molecule has 0 atom stereocenters. The standard InChI is InChI=1S/C9H5BrClF2N5/c10-3-1-5(13)6(2-4(3)12)15-9-17-7(11)16-8(14)18-9/h1-2H,(H3,14,15,16,17,18). The zero-order valence-electron chi connectivity index (χ0n) is 8.59. The van der Waals surface area contributed by atoms with E-state index in [-0.39, 0.29) is 27.3 Å². The highest BCUT2D eigenvalue weighted by Crippen LogP contribution is 2.25. The number of hydrogen-bond donors (Lipinski definition) is 2. The maximum absolute atomic E-state index is 13.5. The fourth-order valence-electron chi connectivity index (χ4n) is 1.16. The zero-order valence-corrected chi connectivity index (χ0v) is 10.9. The van der Waals surface area contributed by atoms with Gasteiger partial charge >= 0.3 is 0 Å². The molecule has 0 spiro atoms. The minimum absolute atomic E-state index is 0.0127. The Balaban J connectivity index is 2.36. The monoisotopic (exact) mass is 335 g/mol. The molecule has 1 aromatic carbocycles. The molecule has 0 unspecified atom stereocenters. The second kappa shape index (κ2) is 4.99. The van der Waals surface area contributed by atoms with E-state index in [1.807, 2.05) is 0 Å². The number of halogens is 4. The van der Waals surface area contributed by atoms with Gasteiger partial charge in [0.1, 0.15) is 11.6 Å². The SMILES string of the molecule is Nc1nc(Cl)nc(Nc2cc(F)c(Br)cc2F)n1. The Labute approximate surface area is 114 Å². The molecule has 0 aliphatic carbocycles. The molecule has 0 bridgehead atoms. The summed E-state index contributed by atoms with van der Waals surface area (Å²) >= 11 is 8.42. The number of rotatable bonds is 2. The molecule has 0 fully saturated rings. The normalized spacial score (nSPS) is 10.4. The molecule has 1 heterocycles. The van der Waals surface area contributed by atoms with Crippen LogP contribution >= 0.6 is 27.5 Å². The number of benzene rings is 1. The molecule has 1 aromatic heterocycles. The van der Waals surface area contributed by atoms with Crippen LogP contribution in [0.25, 0.3) is 0 Å². The van der Waals surface area contributed by atoms with Gasteiger partial charge in [-0.3, -0.25) is 0 Å². The lowest BCUT2D eigenvalue weighted by Gasteiger charge is -2.07. The summed E-state index contributed by atoms with van der Waals surface area (Å²) < 4.78 is 26.8. The number of nitrogen functional groups attached to an aromatic ring is 1. The Morgan fingerprint density at radius 1 is 1.17 bits per heavy atom. The van der Waals surface area contributed by atoms with Gasteiger partial charge in [-0.15, -0.1) is 0 Å². The largest absolute Gasteiger partial charge is 0.368 e. The molecule has 9 heteroatoms. The lowest BCUT2D eigenvalue weighted by molar-refractivity contribution is 0.597. The van der Waals surface area contributed by atoms with Gasteiger partial charge in [-0.1, -0.05) is 0 Å². The Morgan fingerprint density at radius 3 is 2.56 bits per heavy atom. The molecule has 0 saturated carbocycles. The van der Waals surface area contributed by atoms with Gasteiger partial charge < -0.3 is 11.1 Å². The second-order valence-electron chi connectivity index (χ2n) is 3.16. The molecule has 0 aliphatic rings. The van der Waals surface area contributed by atoms with Crippen LogP contribution in [0, 0.1) is 11.6 Å². The first-order chi connectivity index (χ1) is 8.45. The third-order valence-corrected chi connectivity index (χ3v) is 2.66. The van der Waals surface area contributed by atoms with Gasteiger partial charge in [-0.05, 0) is 33.6 Å². The number of hydrogen-bond acceptors (Lipinski definition) is 5. The quantitative estimate of drug-likeness (QED) is 0.825. The second-order valence-corrected chi connectivity index (χ2v) is 4.35. The first kappa shape index (κ1) is 12.9. The van der Waals surface area contributed by atoms with E-state index < -0.39 is 11.6 Å². The third kappa shape index (κ3) is 2.82. The van der Waals surface area contributed by atoms with Crippen LogP contribution in [0.15, 0.2) is 16.6 Å². The summed E-state index contributed by atoms with van der Waals surface area (Å²) in [5, 5.41) is 2.31. The highest BCUT2D eigenvalue weighted by Gasteiger charge is 2.10. The maximum atomic E-state index is 13.5. The van der Waals surface area contributed by atoms with Crippen LogP contribution in [-0.2, 0) is 0 Å². The molecule has 0 amide bonds. The van der Waals surface area contributed by atoms with E-state index in [1.54, 1.807) is 0 Å². The van der Waals surface area contributed by atoms with Crippen LogP contribution in [0.2, 0.25) is 5.28 Å². The van der Waals surface area contributed by atoms with E-state index in [1.165, 1.54) is 0 Å². The smallest absolute Gasteiger partial charge is 0.233 e. The highest BCUT2D eigenvalue weighted by molar-refractivity contribution is 9.10. The average Bonchev–Trinajstić information content (AvgIpc) is 2.24. The Morgan fingerprint density at radius 2 is 1.89 bits per heavy atom. The van der Waals surface area contributed by atoms with Crippen LogP contribution in [-0.4, -0.2) is 15.0 Å². The first-order valence-corrected chi connectivity index (χ1v) is 5.71. The van der Waals surface area contributed by atoms with Gasteiger partial charge in [0.05, 0.1) is 10.2 Å². The van der Waals surface area contributed by atoms with Crippen molar-refractivity contribution in [1.29, 1.82) is 0 Å². The van der Waals surface area contributed by atoms with Gasteiger partial charge in [-0.2, -0.15) is 15.0 Å². The van der Waals surface area contributed by atoms with Crippen molar-refractivity contribution < 1.29 is 8.78 Å². The number of nitrogens with two attached hydrogens (primary N) is 1. The van der Waals surface area contributed by atoms with Gasteiger partial charge in [0.15, 0.2) is 0 Å². The molecule has 2 aromatic rings. The van der Waals surface area contributed by atoms with Gasteiger partial charge in [-0.25, -0.2) is 8.78 Å². The van der Waals surface area contributed by atoms with Crippen molar-refractivity contribution in [1.82, 2.24) is 15.0 Å². The van der Waals surface area contributed by atoms with Crippen molar-refractivity contribution in [3.8, 4) is 0 Å². The predicted molar refractivity (Wildman–Crippen MR) is 66.6 cm³/mol. The molecule has 3 N–H and O–H groups in total. The number of nitrogens with one attached hydrogen (secondary N) is 1. The minimum atomic E-state index is -0.682. The van der Waals surface area contributed by atoms with E-state index >= 15 is 0 Å². The van der Waals surface area contributed by atoms with Crippen molar-refractivity contribution in [2.24, 2.45) is 0 Å². The molecular formula is C9H5BrClF2N5. The Bertz CT molecular complexity index is 590. The van der Waals surface area contributed by atoms with Crippen LogP contribution in [0.1, 0.15) is 0 Å². The van der Waals surface area contributed by atoms with Gasteiger partial charge in [0.2, 0.25) is 17.2 Å². The third-order valence-electron chi connectivity index (χ3n) is 1.88. The summed E-state index contributed by atoms with van der Waals surface area (Å²) in [6, 6.07) is 1.93. The van der Waals surface area contributed by atoms with Crippen molar-refractivity contribution in [3.05, 3.63) is 33.5 Å². The van der Waals surface area contributed by atoms with Crippen molar-refractivity contribution in [3.63, 3.8) is 0 Å². The van der Waals surface area contributed by atoms with E-state index in [0.717, 1.165) is 12.1 Å². The van der Waals surface area contributed by atoms with Crippen LogP contribution in [0.4, 0.5) is 26.4 Å². The first-order valence-electron chi connectivity index (χ1n) is 4.54. The molecule has 0 saturated heterocycles. The Hall–Kier alpha value is -1.54. The maximum Gasteiger partial charge on any atom is 0.233 e. The van der Waals surface area contributed by atoms with Crippen LogP contribution in [0.5, 0.6) is 0 Å². The van der Waals surface area contributed by atoms with Gasteiger partial charge in [0.25, 0.3) is 0 Å². The van der Waals surface area contributed by atoms with Crippen molar-refractivity contribution in [2.45, 2.75) is 0 Å². The number of aromatic nitrogens is 3. The van der Waals surface area contributed by atoms with Crippen LogP contribution in [0.3, 0.4) is 0 Å². The topological polar surface area (TPSA) is 76.7 Å². The zero-order chi connectivity index (χ0) is 13.3. The van der Waals surface area contributed by atoms with E-state index in [4.69, 9.17) is 17.3 Å². The average molecular weight is 337 g/mol.